The smallest absolute Gasteiger partial charge is 0.333 e. The second kappa shape index (κ2) is 8.32. The molecule has 1 aromatic heterocycles. The molecular formula is C18H23N3O4. The fraction of sp³-hybridized carbons (Fsp3) is 0.389. The fourth-order valence-electron chi connectivity index (χ4n) is 2.73. The molecule has 0 bridgehead atoms. The normalized spacial score (nSPS) is 12.0. The zero-order chi connectivity index (χ0) is 18.4. The van der Waals surface area contributed by atoms with Crippen LogP contribution in [0.4, 0.5) is 0 Å². The summed E-state index contributed by atoms with van der Waals surface area (Å²) in [6.07, 6.45) is 3.24. The zero-order valence-corrected chi connectivity index (χ0v) is 14.6. The molecule has 1 aromatic carbocycles. The number of hydrogen-bond donors (Lipinski definition) is 2. The van der Waals surface area contributed by atoms with Gasteiger partial charge in [-0.1, -0.05) is 26.0 Å². The molecule has 7 heteroatoms. The average molecular weight is 345 g/mol. The largest absolute Gasteiger partial charge is 0.508 e. The maximum atomic E-state index is 12.7. The fourth-order valence-corrected chi connectivity index (χ4v) is 2.73. The van der Waals surface area contributed by atoms with Crippen LogP contribution in [0, 0.1) is 0 Å². The van der Waals surface area contributed by atoms with Gasteiger partial charge in [0.15, 0.2) is 6.04 Å². The molecule has 1 heterocycles. The number of nitrogens with zero attached hydrogens (tertiary/aromatic N) is 2. The monoisotopic (exact) mass is 345 g/mol. The lowest BCUT2D eigenvalue weighted by Crippen LogP contribution is -2.36. The number of nitrogens with one attached hydrogen (secondary N) is 1. The van der Waals surface area contributed by atoms with Crippen molar-refractivity contribution in [2.75, 3.05) is 7.11 Å². The molecule has 0 aliphatic carbocycles. The summed E-state index contributed by atoms with van der Waals surface area (Å²) in [5, 5.41) is 16.5. The highest BCUT2D eigenvalue weighted by Gasteiger charge is 2.26. The Morgan fingerprint density at radius 2 is 2.00 bits per heavy atom. The van der Waals surface area contributed by atoms with Gasteiger partial charge in [-0.2, -0.15) is 5.10 Å². The number of ether oxygens (including phenoxy) is 1. The molecule has 0 radical (unpaired) electrons. The number of amides is 1. The van der Waals surface area contributed by atoms with Crippen molar-refractivity contribution in [1.82, 2.24) is 15.1 Å². The van der Waals surface area contributed by atoms with E-state index in [1.165, 1.54) is 19.2 Å². The summed E-state index contributed by atoms with van der Waals surface area (Å²) in [6.45, 7) is 4.06. The van der Waals surface area contributed by atoms with Crippen molar-refractivity contribution in [3.8, 4) is 5.75 Å². The third kappa shape index (κ3) is 4.17. The van der Waals surface area contributed by atoms with Crippen LogP contribution in [0.1, 0.15) is 54.8 Å². The Hall–Kier alpha value is -2.83. The summed E-state index contributed by atoms with van der Waals surface area (Å²) in [7, 11) is 1.25. The Bertz CT molecular complexity index is 737. The van der Waals surface area contributed by atoms with E-state index in [2.05, 4.69) is 10.4 Å². The molecule has 1 amide bonds. The molecule has 0 fully saturated rings. The van der Waals surface area contributed by atoms with E-state index in [9.17, 15) is 14.7 Å². The summed E-state index contributed by atoms with van der Waals surface area (Å²) >= 11 is 0. The highest BCUT2D eigenvalue weighted by Crippen LogP contribution is 2.21. The molecule has 1 unspecified atom stereocenters. The van der Waals surface area contributed by atoms with Gasteiger partial charge >= 0.3 is 5.97 Å². The zero-order valence-electron chi connectivity index (χ0n) is 14.6. The van der Waals surface area contributed by atoms with Crippen molar-refractivity contribution in [2.45, 2.75) is 38.8 Å². The molecule has 0 saturated carbocycles. The maximum Gasteiger partial charge on any atom is 0.333 e. The highest BCUT2D eigenvalue weighted by molar-refractivity contribution is 5.95. The standard InChI is InChI=1S/C18H23N3O4/c1-4-13(5-2)21-15(9-10-19-21)17(23)20-16(18(24)25-3)12-7-6-8-14(22)11-12/h6-11,13,16,22H,4-5H2,1-3H3,(H,20,23). The Kier molecular flexibility index (Phi) is 6.16. The molecule has 1 atom stereocenters. The number of hydrogen-bond acceptors (Lipinski definition) is 5. The number of rotatable bonds is 7. The van der Waals surface area contributed by atoms with E-state index < -0.39 is 17.9 Å². The van der Waals surface area contributed by atoms with Crippen molar-refractivity contribution in [3.05, 3.63) is 47.8 Å². The van der Waals surface area contributed by atoms with Crippen molar-refractivity contribution >= 4 is 11.9 Å². The van der Waals surface area contributed by atoms with Crippen molar-refractivity contribution in [3.63, 3.8) is 0 Å². The molecule has 134 valence electrons. The molecular weight excluding hydrogens is 322 g/mol. The number of aromatic hydroxyl groups is 1. The number of benzene rings is 1. The number of phenols is 1. The van der Waals surface area contributed by atoms with E-state index in [-0.39, 0.29) is 11.8 Å². The van der Waals surface area contributed by atoms with E-state index in [1.54, 1.807) is 29.1 Å². The minimum Gasteiger partial charge on any atom is -0.508 e. The van der Waals surface area contributed by atoms with Gasteiger partial charge in [-0.05, 0) is 36.6 Å². The van der Waals surface area contributed by atoms with Crippen molar-refractivity contribution in [1.29, 1.82) is 0 Å². The summed E-state index contributed by atoms with van der Waals surface area (Å²) < 4.78 is 6.46. The van der Waals surface area contributed by atoms with Gasteiger partial charge in [0.25, 0.3) is 5.91 Å². The van der Waals surface area contributed by atoms with Crippen LogP contribution in [0.2, 0.25) is 0 Å². The van der Waals surface area contributed by atoms with E-state index in [0.717, 1.165) is 12.8 Å². The lowest BCUT2D eigenvalue weighted by atomic mass is 10.1. The average Bonchev–Trinajstić information content (AvgIpc) is 3.09. The lowest BCUT2D eigenvalue weighted by Gasteiger charge is -2.20. The van der Waals surface area contributed by atoms with Crippen LogP contribution in [0.3, 0.4) is 0 Å². The molecule has 2 aromatic rings. The van der Waals surface area contributed by atoms with Crippen LogP contribution >= 0.6 is 0 Å². The molecule has 0 saturated heterocycles. The van der Waals surface area contributed by atoms with Gasteiger partial charge < -0.3 is 15.2 Å². The number of carbonyl (C=O) groups is 2. The first-order chi connectivity index (χ1) is 12.0. The second-order valence-electron chi connectivity index (χ2n) is 5.66. The Morgan fingerprint density at radius 3 is 2.60 bits per heavy atom. The highest BCUT2D eigenvalue weighted by atomic mass is 16.5. The van der Waals surface area contributed by atoms with Crippen LogP contribution in [-0.2, 0) is 9.53 Å². The third-order valence-electron chi connectivity index (χ3n) is 4.11. The molecule has 0 spiro atoms. The quantitative estimate of drug-likeness (QED) is 0.752. The number of esters is 1. The van der Waals surface area contributed by atoms with Crippen molar-refractivity contribution in [2.24, 2.45) is 0 Å². The molecule has 7 nitrogen and oxygen atoms in total. The van der Waals surface area contributed by atoms with Crippen LogP contribution in [-0.4, -0.2) is 33.9 Å². The Labute approximate surface area is 146 Å². The minimum atomic E-state index is -1.02. The predicted octanol–water partition coefficient (Wildman–Crippen LogP) is 2.59. The summed E-state index contributed by atoms with van der Waals surface area (Å²) in [5.74, 6) is -1.04. The maximum absolute atomic E-state index is 12.7. The Balaban J connectivity index is 2.29. The van der Waals surface area contributed by atoms with Crippen LogP contribution < -0.4 is 5.32 Å². The minimum absolute atomic E-state index is 0.00252. The van der Waals surface area contributed by atoms with Gasteiger partial charge in [0.1, 0.15) is 11.4 Å². The molecule has 2 rings (SSSR count). The van der Waals surface area contributed by atoms with E-state index >= 15 is 0 Å². The van der Waals surface area contributed by atoms with Gasteiger partial charge in [-0.25, -0.2) is 4.79 Å². The van der Waals surface area contributed by atoms with Gasteiger partial charge in [-0.3, -0.25) is 9.48 Å². The number of phenolic OH excluding ortho intramolecular Hbond substituents is 1. The van der Waals surface area contributed by atoms with Crippen LogP contribution in [0.15, 0.2) is 36.5 Å². The summed E-state index contributed by atoms with van der Waals surface area (Å²) in [4.78, 5) is 24.8. The first-order valence-electron chi connectivity index (χ1n) is 8.22. The van der Waals surface area contributed by atoms with Crippen LogP contribution in [0.25, 0.3) is 0 Å². The molecule has 0 aliphatic rings. The van der Waals surface area contributed by atoms with Gasteiger partial charge in [0.2, 0.25) is 0 Å². The van der Waals surface area contributed by atoms with E-state index in [0.29, 0.717) is 11.3 Å². The van der Waals surface area contributed by atoms with Crippen LogP contribution in [0.5, 0.6) is 5.75 Å². The first kappa shape index (κ1) is 18.5. The van der Waals surface area contributed by atoms with E-state index in [4.69, 9.17) is 4.74 Å². The summed E-state index contributed by atoms with van der Waals surface area (Å²) in [6, 6.07) is 6.84. The second-order valence-corrected chi connectivity index (χ2v) is 5.66. The Morgan fingerprint density at radius 1 is 1.28 bits per heavy atom. The number of aromatic nitrogens is 2. The molecule has 25 heavy (non-hydrogen) atoms. The third-order valence-corrected chi connectivity index (χ3v) is 4.11. The molecule has 2 N–H and O–H groups in total. The van der Waals surface area contributed by atoms with Crippen molar-refractivity contribution < 1.29 is 19.4 Å². The molecule has 0 aliphatic heterocycles. The first-order valence-corrected chi connectivity index (χ1v) is 8.22. The SMILES string of the molecule is CCC(CC)n1nccc1C(=O)NC(C(=O)OC)c1cccc(O)c1. The van der Waals surface area contributed by atoms with Gasteiger partial charge in [-0.15, -0.1) is 0 Å². The number of methoxy groups -OCH3 is 1. The topological polar surface area (TPSA) is 93.5 Å². The lowest BCUT2D eigenvalue weighted by molar-refractivity contribution is -0.143. The van der Waals surface area contributed by atoms with E-state index in [1.807, 2.05) is 13.8 Å². The van der Waals surface area contributed by atoms with Gasteiger partial charge in [0.05, 0.1) is 13.2 Å². The summed E-state index contributed by atoms with van der Waals surface area (Å²) in [5.41, 5.74) is 0.816. The van der Waals surface area contributed by atoms with Gasteiger partial charge in [0, 0.05) is 6.20 Å². The number of carbonyl (C=O) groups excluding carboxylic acids is 2. The predicted molar refractivity (Wildman–Crippen MR) is 92.2 cm³/mol.